The maximum atomic E-state index is 10.6. The van der Waals surface area contributed by atoms with Crippen LogP contribution in [-0.2, 0) is 12.8 Å². The lowest BCUT2D eigenvalue weighted by molar-refractivity contribution is 0.224. The topological polar surface area (TPSA) is 20.2 Å². The molecule has 2 heterocycles. The fraction of sp³-hybridized carbons (Fsp3) is 0.467. The van der Waals surface area contributed by atoms with Crippen LogP contribution in [0, 0.1) is 6.92 Å². The van der Waals surface area contributed by atoms with Crippen LogP contribution >= 0.6 is 38.6 Å². The average Bonchev–Trinajstić information content (AvgIpc) is 2.85. The number of hydrogen-bond acceptors (Lipinski definition) is 3. The Morgan fingerprint density at radius 3 is 2.68 bits per heavy atom. The van der Waals surface area contributed by atoms with Gasteiger partial charge in [0.25, 0.3) is 0 Å². The molecule has 19 heavy (non-hydrogen) atoms. The van der Waals surface area contributed by atoms with Gasteiger partial charge in [0.05, 0.1) is 3.79 Å². The van der Waals surface area contributed by atoms with E-state index < -0.39 is 6.10 Å². The molecule has 1 aliphatic rings. The van der Waals surface area contributed by atoms with E-state index in [2.05, 4.69) is 35.0 Å². The number of aliphatic hydroxyl groups is 1. The fourth-order valence-electron chi connectivity index (χ4n) is 2.71. The second-order valence-corrected chi connectivity index (χ2v) is 8.93. The first kappa shape index (κ1) is 13.8. The molecular formula is C15H17BrOS2. The van der Waals surface area contributed by atoms with Crippen molar-refractivity contribution in [1.82, 2.24) is 0 Å². The van der Waals surface area contributed by atoms with Gasteiger partial charge < -0.3 is 5.11 Å². The predicted molar refractivity (Wildman–Crippen MR) is 86.4 cm³/mol. The molecule has 102 valence electrons. The Kier molecular flexibility index (Phi) is 4.13. The highest BCUT2D eigenvalue weighted by Crippen LogP contribution is 2.38. The number of aliphatic hydroxyl groups excluding tert-OH is 1. The normalized spacial score (nSPS) is 17.0. The molecule has 2 aromatic heterocycles. The summed E-state index contributed by atoms with van der Waals surface area (Å²) in [7, 11) is 0. The second kappa shape index (κ2) is 5.68. The molecule has 0 amide bonds. The summed E-state index contributed by atoms with van der Waals surface area (Å²) >= 11 is 7.00. The van der Waals surface area contributed by atoms with Crippen LogP contribution in [0.25, 0.3) is 0 Å². The SMILES string of the molecule is Cc1sc(Br)cc1C(O)c1cc2c(s1)CCCCC2. The van der Waals surface area contributed by atoms with Crippen LogP contribution in [0.1, 0.15) is 51.1 Å². The Morgan fingerprint density at radius 1 is 1.16 bits per heavy atom. The molecule has 0 bridgehead atoms. The van der Waals surface area contributed by atoms with Crippen molar-refractivity contribution < 1.29 is 5.11 Å². The zero-order valence-electron chi connectivity index (χ0n) is 10.9. The van der Waals surface area contributed by atoms with E-state index in [4.69, 9.17) is 0 Å². The summed E-state index contributed by atoms with van der Waals surface area (Å²) in [6.07, 6.45) is 5.85. The van der Waals surface area contributed by atoms with Gasteiger partial charge in [-0.15, -0.1) is 22.7 Å². The van der Waals surface area contributed by atoms with Crippen molar-refractivity contribution in [2.75, 3.05) is 0 Å². The van der Waals surface area contributed by atoms with Gasteiger partial charge in [-0.25, -0.2) is 0 Å². The van der Waals surface area contributed by atoms with E-state index in [1.165, 1.54) is 47.4 Å². The number of rotatable bonds is 2. The molecule has 1 nitrogen and oxygen atoms in total. The molecule has 0 aromatic carbocycles. The van der Waals surface area contributed by atoms with Crippen LogP contribution in [-0.4, -0.2) is 5.11 Å². The monoisotopic (exact) mass is 356 g/mol. The maximum absolute atomic E-state index is 10.6. The lowest BCUT2D eigenvalue weighted by atomic mass is 10.1. The number of hydrogen-bond donors (Lipinski definition) is 1. The molecule has 0 spiro atoms. The van der Waals surface area contributed by atoms with Crippen LogP contribution < -0.4 is 0 Å². The summed E-state index contributed by atoms with van der Waals surface area (Å²) in [5.74, 6) is 0. The molecule has 1 atom stereocenters. The summed E-state index contributed by atoms with van der Waals surface area (Å²) in [6.45, 7) is 2.08. The van der Waals surface area contributed by atoms with Crippen molar-refractivity contribution in [2.45, 2.75) is 45.1 Å². The third-order valence-electron chi connectivity index (χ3n) is 3.76. The van der Waals surface area contributed by atoms with E-state index >= 15 is 0 Å². The van der Waals surface area contributed by atoms with Crippen LogP contribution in [0.2, 0.25) is 0 Å². The number of thiophene rings is 2. The van der Waals surface area contributed by atoms with E-state index in [0.717, 1.165) is 14.2 Å². The van der Waals surface area contributed by atoms with Crippen molar-refractivity contribution in [3.8, 4) is 0 Å². The van der Waals surface area contributed by atoms with E-state index in [1.807, 2.05) is 11.3 Å². The minimum atomic E-state index is -0.459. The van der Waals surface area contributed by atoms with Crippen molar-refractivity contribution in [3.63, 3.8) is 0 Å². The summed E-state index contributed by atoms with van der Waals surface area (Å²) in [5.41, 5.74) is 2.52. The summed E-state index contributed by atoms with van der Waals surface area (Å²) < 4.78 is 1.09. The first-order valence-corrected chi connectivity index (χ1v) is 9.13. The molecule has 4 heteroatoms. The second-order valence-electron chi connectivity index (χ2n) is 5.12. The highest BCUT2D eigenvalue weighted by Gasteiger charge is 2.20. The van der Waals surface area contributed by atoms with Gasteiger partial charge in [0, 0.05) is 20.2 Å². The molecular weight excluding hydrogens is 340 g/mol. The van der Waals surface area contributed by atoms with Crippen LogP contribution in [0.3, 0.4) is 0 Å². The van der Waals surface area contributed by atoms with Gasteiger partial charge in [-0.05, 0) is 66.2 Å². The van der Waals surface area contributed by atoms with Gasteiger partial charge in [0.15, 0.2) is 0 Å². The zero-order valence-corrected chi connectivity index (χ0v) is 14.1. The summed E-state index contributed by atoms with van der Waals surface area (Å²) in [4.78, 5) is 3.81. The highest BCUT2D eigenvalue weighted by molar-refractivity contribution is 9.11. The number of aryl methyl sites for hydroxylation is 3. The molecule has 2 aromatic rings. The molecule has 0 radical (unpaired) electrons. The van der Waals surface area contributed by atoms with Crippen LogP contribution in [0.15, 0.2) is 15.9 Å². The maximum Gasteiger partial charge on any atom is 0.114 e. The minimum Gasteiger partial charge on any atom is -0.383 e. The van der Waals surface area contributed by atoms with Crippen molar-refractivity contribution in [1.29, 1.82) is 0 Å². The molecule has 1 unspecified atom stereocenters. The van der Waals surface area contributed by atoms with Crippen LogP contribution in [0.5, 0.6) is 0 Å². The van der Waals surface area contributed by atoms with Gasteiger partial charge >= 0.3 is 0 Å². The summed E-state index contributed by atoms with van der Waals surface area (Å²) in [5, 5.41) is 10.6. The smallest absolute Gasteiger partial charge is 0.114 e. The Bertz CT molecular complexity index is 561. The van der Waals surface area contributed by atoms with E-state index in [-0.39, 0.29) is 0 Å². The third-order valence-corrected chi connectivity index (χ3v) is 6.61. The number of halogens is 1. The van der Waals surface area contributed by atoms with Crippen molar-refractivity contribution in [2.24, 2.45) is 0 Å². The third kappa shape index (κ3) is 2.82. The Hall–Kier alpha value is -0.160. The van der Waals surface area contributed by atoms with E-state index in [0.29, 0.717) is 0 Å². The fourth-order valence-corrected chi connectivity index (χ4v) is 5.71. The highest BCUT2D eigenvalue weighted by atomic mass is 79.9. The van der Waals surface area contributed by atoms with E-state index in [9.17, 15) is 5.11 Å². The van der Waals surface area contributed by atoms with Gasteiger partial charge in [0.2, 0.25) is 0 Å². The largest absolute Gasteiger partial charge is 0.383 e. The Morgan fingerprint density at radius 2 is 1.95 bits per heavy atom. The molecule has 0 fully saturated rings. The van der Waals surface area contributed by atoms with Gasteiger partial charge in [-0.3, -0.25) is 0 Å². The molecule has 1 aliphatic carbocycles. The zero-order chi connectivity index (χ0) is 13.4. The Balaban J connectivity index is 1.92. The lowest BCUT2D eigenvalue weighted by Crippen LogP contribution is -1.96. The molecule has 1 N–H and O–H groups in total. The van der Waals surface area contributed by atoms with Crippen molar-refractivity contribution in [3.05, 3.63) is 41.7 Å². The van der Waals surface area contributed by atoms with Gasteiger partial charge in [0.1, 0.15) is 6.10 Å². The number of fused-ring (bicyclic) bond motifs is 1. The van der Waals surface area contributed by atoms with Crippen molar-refractivity contribution >= 4 is 38.6 Å². The Labute approximate surface area is 130 Å². The molecule has 0 aliphatic heterocycles. The quantitative estimate of drug-likeness (QED) is 0.730. The average molecular weight is 357 g/mol. The first-order valence-electron chi connectivity index (χ1n) is 6.70. The summed E-state index contributed by atoms with van der Waals surface area (Å²) in [6, 6.07) is 4.29. The molecule has 3 rings (SSSR count). The first-order chi connectivity index (χ1) is 9.15. The van der Waals surface area contributed by atoms with Gasteiger partial charge in [-0.2, -0.15) is 0 Å². The van der Waals surface area contributed by atoms with Gasteiger partial charge in [-0.1, -0.05) is 6.42 Å². The minimum absolute atomic E-state index is 0.459. The molecule has 0 saturated heterocycles. The van der Waals surface area contributed by atoms with Crippen LogP contribution in [0.4, 0.5) is 0 Å². The standard InChI is InChI=1S/C15H17BrOS2/c1-9-11(8-14(16)18-9)15(17)13-7-10-5-3-2-4-6-12(10)19-13/h7-8,15,17H,2-6H2,1H3. The lowest BCUT2D eigenvalue weighted by Gasteiger charge is -2.07. The molecule has 0 saturated carbocycles. The van der Waals surface area contributed by atoms with E-state index in [1.54, 1.807) is 11.3 Å². The predicted octanol–water partition coefficient (Wildman–Crippen LogP) is 5.23.